The molecule has 4 atom stereocenters. The number of hydrogen-bond acceptors (Lipinski definition) is 1. The Morgan fingerprint density at radius 2 is 2.05 bits per heavy atom. The maximum absolute atomic E-state index is 12.6. The molecule has 2 bridgehead atoms. The zero-order valence-corrected chi connectivity index (χ0v) is 12.7. The molecule has 0 radical (unpaired) electrons. The van der Waals surface area contributed by atoms with Gasteiger partial charge in [-0.25, -0.2) is 0 Å². The largest absolute Gasteiger partial charge is 0.345 e. The average molecular weight is 292 g/mol. The number of benzene rings is 1. The normalized spacial score (nSPS) is 31.0. The van der Waals surface area contributed by atoms with Crippen molar-refractivity contribution in [2.45, 2.75) is 38.1 Å². The second kappa shape index (κ2) is 5.40. The lowest BCUT2D eigenvalue weighted by Gasteiger charge is -2.32. The smallest absolute Gasteiger partial charge is 0.224 e. The van der Waals surface area contributed by atoms with Crippen LogP contribution in [0.4, 0.5) is 0 Å². The van der Waals surface area contributed by atoms with Gasteiger partial charge in [-0.3, -0.25) is 4.79 Å². The number of carbonyl (C=O) groups excluding carboxylic acids is 1. The monoisotopic (exact) mass is 291 g/mol. The van der Waals surface area contributed by atoms with Crippen molar-refractivity contribution >= 4 is 17.5 Å². The first-order valence-electron chi connectivity index (χ1n) is 7.56. The van der Waals surface area contributed by atoms with Crippen LogP contribution in [0.2, 0.25) is 0 Å². The van der Waals surface area contributed by atoms with Gasteiger partial charge in [0.1, 0.15) is 0 Å². The van der Waals surface area contributed by atoms with E-state index in [1.165, 1.54) is 19.3 Å². The number of rotatable bonds is 4. The molecule has 3 rings (SSSR count). The summed E-state index contributed by atoms with van der Waals surface area (Å²) in [5, 5.41) is 3.22. The van der Waals surface area contributed by atoms with Crippen LogP contribution in [0.1, 0.15) is 38.2 Å². The van der Waals surface area contributed by atoms with Gasteiger partial charge in [0.05, 0.1) is 5.54 Å². The lowest BCUT2D eigenvalue weighted by atomic mass is 9.86. The third-order valence-corrected chi connectivity index (χ3v) is 5.69. The molecule has 108 valence electrons. The van der Waals surface area contributed by atoms with E-state index in [9.17, 15) is 4.79 Å². The van der Waals surface area contributed by atoms with Crippen molar-refractivity contribution in [3.8, 4) is 0 Å². The molecule has 2 aliphatic carbocycles. The Bertz CT molecular complexity index is 489. The summed E-state index contributed by atoms with van der Waals surface area (Å²) in [6.45, 7) is 2.01. The third-order valence-electron chi connectivity index (χ3n) is 5.15. The van der Waals surface area contributed by atoms with Gasteiger partial charge in [-0.05, 0) is 43.6 Å². The van der Waals surface area contributed by atoms with Crippen LogP contribution in [0.25, 0.3) is 0 Å². The van der Waals surface area contributed by atoms with Crippen molar-refractivity contribution < 1.29 is 4.79 Å². The van der Waals surface area contributed by atoms with Gasteiger partial charge in [0.25, 0.3) is 0 Å². The van der Waals surface area contributed by atoms with E-state index < -0.39 is 5.54 Å². The van der Waals surface area contributed by atoms with Gasteiger partial charge < -0.3 is 5.32 Å². The predicted molar refractivity (Wildman–Crippen MR) is 81.6 cm³/mol. The van der Waals surface area contributed by atoms with Gasteiger partial charge in [0, 0.05) is 11.8 Å². The Balaban J connectivity index is 1.73. The molecule has 0 aliphatic heterocycles. The third kappa shape index (κ3) is 2.46. The summed E-state index contributed by atoms with van der Waals surface area (Å²) >= 11 is 6.16. The summed E-state index contributed by atoms with van der Waals surface area (Å²) in [7, 11) is 0. The van der Waals surface area contributed by atoms with Gasteiger partial charge in [0.15, 0.2) is 0 Å². The fraction of sp³-hybridized carbons (Fsp3) is 0.588. The van der Waals surface area contributed by atoms with E-state index >= 15 is 0 Å². The van der Waals surface area contributed by atoms with Gasteiger partial charge in [0.2, 0.25) is 5.91 Å². The molecule has 2 saturated carbocycles. The fourth-order valence-electron chi connectivity index (χ4n) is 3.92. The number of fused-ring (bicyclic) bond motifs is 2. The highest BCUT2D eigenvalue weighted by Gasteiger charge is 2.44. The molecule has 0 spiro atoms. The van der Waals surface area contributed by atoms with Gasteiger partial charge in [-0.15, -0.1) is 11.6 Å². The number of nitrogens with one attached hydrogen (secondary N) is 1. The lowest BCUT2D eigenvalue weighted by molar-refractivity contribution is -0.128. The standard InChI is InChI=1S/C17H22ClNO/c1-17(11-18,14-5-3-2-4-6-14)19-16(20)15-10-12-7-8-13(15)9-12/h2-6,12-13,15H,7-11H2,1H3,(H,19,20). The zero-order chi connectivity index (χ0) is 14.2. The molecule has 4 unspecified atom stereocenters. The van der Waals surface area contributed by atoms with Gasteiger partial charge in [-0.1, -0.05) is 36.8 Å². The van der Waals surface area contributed by atoms with Crippen molar-refractivity contribution in [2.75, 3.05) is 5.88 Å². The molecule has 1 N–H and O–H groups in total. The second-order valence-electron chi connectivity index (χ2n) is 6.60. The van der Waals surface area contributed by atoms with Crippen molar-refractivity contribution in [2.24, 2.45) is 17.8 Å². The number of hydrogen-bond donors (Lipinski definition) is 1. The minimum Gasteiger partial charge on any atom is -0.345 e. The van der Waals surface area contributed by atoms with Crippen LogP contribution in [0, 0.1) is 17.8 Å². The van der Waals surface area contributed by atoms with E-state index in [0.29, 0.717) is 11.8 Å². The van der Waals surface area contributed by atoms with E-state index in [2.05, 4.69) is 5.32 Å². The predicted octanol–water partition coefficient (Wildman–Crippen LogP) is 3.69. The summed E-state index contributed by atoms with van der Waals surface area (Å²) in [6.07, 6.45) is 4.87. The van der Waals surface area contributed by atoms with E-state index in [-0.39, 0.29) is 11.8 Å². The van der Waals surface area contributed by atoms with Gasteiger partial charge >= 0.3 is 0 Å². The van der Waals surface area contributed by atoms with Crippen molar-refractivity contribution in [1.82, 2.24) is 5.32 Å². The number of carbonyl (C=O) groups is 1. The molecule has 3 heteroatoms. The van der Waals surface area contributed by atoms with Crippen LogP contribution < -0.4 is 5.32 Å². The molecular weight excluding hydrogens is 270 g/mol. The molecular formula is C17H22ClNO. The minimum atomic E-state index is -0.471. The zero-order valence-electron chi connectivity index (χ0n) is 11.9. The Morgan fingerprint density at radius 1 is 1.30 bits per heavy atom. The Morgan fingerprint density at radius 3 is 2.60 bits per heavy atom. The van der Waals surface area contributed by atoms with E-state index in [0.717, 1.165) is 17.9 Å². The highest BCUT2D eigenvalue weighted by molar-refractivity contribution is 6.18. The van der Waals surface area contributed by atoms with E-state index in [1.54, 1.807) is 0 Å². The number of amides is 1. The van der Waals surface area contributed by atoms with Crippen molar-refractivity contribution in [3.05, 3.63) is 35.9 Å². The molecule has 2 aliphatic rings. The maximum Gasteiger partial charge on any atom is 0.224 e. The average Bonchev–Trinajstić information content (AvgIpc) is 3.11. The summed E-state index contributed by atoms with van der Waals surface area (Å²) in [6, 6.07) is 10.0. The highest BCUT2D eigenvalue weighted by atomic mass is 35.5. The topological polar surface area (TPSA) is 29.1 Å². The minimum absolute atomic E-state index is 0.198. The Hall–Kier alpha value is -1.02. The first-order valence-corrected chi connectivity index (χ1v) is 8.09. The summed E-state index contributed by atoms with van der Waals surface area (Å²) in [5.41, 5.74) is 0.605. The lowest BCUT2D eigenvalue weighted by Crippen LogP contribution is -2.48. The SMILES string of the molecule is CC(CCl)(NC(=O)C1CC2CCC1C2)c1ccccc1. The highest BCUT2D eigenvalue weighted by Crippen LogP contribution is 2.48. The summed E-state index contributed by atoms with van der Waals surface area (Å²) in [4.78, 5) is 12.6. The van der Waals surface area contributed by atoms with Gasteiger partial charge in [-0.2, -0.15) is 0 Å². The van der Waals surface area contributed by atoms with E-state index in [4.69, 9.17) is 11.6 Å². The molecule has 1 amide bonds. The number of alkyl halides is 1. The van der Waals surface area contributed by atoms with Crippen LogP contribution in [-0.4, -0.2) is 11.8 Å². The molecule has 1 aromatic rings. The maximum atomic E-state index is 12.6. The number of halogens is 1. The molecule has 2 nitrogen and oxygen atoms in total. The van der Waals surface area contributed by atoms with Crippen LogP contribution >= 0.6 is 11.6 Å². The van der Waals surface area contributed by atoms with Crippen LogP contribution in [-0.2, 0) is 10.3 Å². The van der Waals surface area contributed by atoms with Crippen LogP contribution in [0.15, 0.2) is 30.3 Å². The van der Waals surface area contributed by atoms with Crippen LogP contribution in [0.5, 0.6) is 0 Å². The first-order chi connectivity index (χ1) is 9.62. The van der Waals surface area contributed by atoms with Crippen LogP contribution in [0.3, 0.4) is 0 Å². The summed E-state index contributed by atoms with van der Waals surface area (Å²) in [5.74, 6) is 2.19. The molecule has 1 aromatic carbocycles. The second-order valence-corrected chi connectivity index (χ2v) is 6.87. The summed E-state index contributed by atoms with van der Waals surface area (Å²) < 4.78 is 0. The molecule has 0 heterocycles. The molecule has 2 fully saturated rings. The first kappa shape index (κ1) is 13.9. The molecule has 0 aromatic heterocycles. The fourth-order valence-corrected chi connectivity index (χ4v) is 4.14. The van der Waals surface area contributed by atoms with Crippen molar-refractivity contribution in [3.63, 3.8) is 0 Å². The quantitative estimate of drug-likeness (QED) is 0.842. The van der Waals surface area contributed by atoms with Crippen molar-refractivity contribution in [1.29, 1.82) is 0 Å². The molecule has 20 heavy (non-hydrogen) atoms. The van der Waals surface area contributed by atoms with E-state index in [1.807, 2.05) is 37.3 Å². The Kier molecular flexibility index (Phi) is 3.76. The Labute approximate surface area is 125 Å². The molecule has 0 saturated heterocycles.